The van der Waals surface area contributed by atoms with Crippen LogP contribution < -0.4 is 4.74 Å². The molecule has 3 nitrogen and oxygen atoms in total. The molecule has 1 heterocycles. The van der Waals surface area contributed by atoms with Crippen LogP contribution in [0.2, 0.25) is 0 Å². The van der Waals surface area contributed by atoms with E-state index in [9.17, 15) is 4.79 Å². The lowest BCUT2D eigenvalue weighted by atomic mass is 9.99. The molecule has 3 rings (SSSR count). The van der Waals surface area contributed by atoms with Gasteiger partial charge in [0.25, 0.3) is 0 Å². The summed E-state index contributed by atoms with van der Waals surface area (Å²) in [7, 11) is 1.62. The highest BCUT2D eigenvalue weighted by atomic mass is 16.5. The Bertz CT molecular complexity index is 784. The Labute approximate surface area is 116 Å². The van der Waals surface area contributed by atoms with Crippen LogP contribution >= 0.6 is 0 Å². The monoisotopic (exact) mass is 266 g/mol. The molecular weight excluding hydrogens is 252 g/mol. The van der Waals surface area contributed by atoms with Crippen LogP contribution in [0.1, 0.15) is 21.9 Å². The second-order valence-corrected chi connectivity index (χ2v) is 4.60. The summed E-state index contributed by atoms with van der Waals surface area (Å²) < 4.78 is 10.8. The zero-order valence-electron chi connectivity index (χ0n) is 11.3. The number of rotatable bonds is 3. The molecule has 0 saturated heterocycles. The minimum Gasteiger partial charge on any atom is -0.496 e. The number of methoxy groups -OCH3 is 1. The van der Waals surface area contributed by atoms with E-state index in [4.69, 9.17) is 9.15 Å². The van der Waals surface area contributed by atoms with Gasteiger partial charge in [0.2, 0.25) is 5.78 Å². The lowest BCUT2D eigenvalue weighted by Gasteiger charge is -2.08. The number of hydrogen-bond acceptors (Lipinski definition) is 3. The van der Waals surface area contributed by atoms with Gasteiger partial charge in [0.05, 0.1) is 7.11 Å². The van der Waals surface area contributed by atoms with Crippen molar-refractivity contribution >= 4 is 16.6 Å². The molecule has 20 heavy (non-hydrogen) atoms. The number of benzene rings is 2. The van der Waals surface area contributed by atoms with E-state index < -0.39 is 0 Å². The maximum absolute atomic E-state index is 12.5. The van der Waals surface area contributed by atoms with E-state index in [0.29, 0.717) is 11.3 Å². The summed E-state index contributed by atoms with van der Waals surface area (Å²) in [4.78, 5) is 12.5. The Morgan fingerprint density at radius 1 is 1.00 bits per heavy atom. The first-order chi connectivity index (χ1) is 9.70. The highest BCUT2D eigenvalue weighted by Crippen LogP contribution is 2.29. The molecule has 0 aliphatic carbocycles. The molecule has 3 heteroatoms. The van der Waals surface area contributed by atoms with Crippen molar-refractivity contribution in [1.29, 1.82) is 0 Å². The van der Waals surface area contributed by atoms with Gasteiger partial charge in [0.15, 0.2) is 5.76 Å². The number of carbonyl (C=O) groups excluding carboxylic acids is 1. The van der Waals surface area contributed by atoms with E-state index in [-0.39, 0.29) is 5.78 Å². The number of ether oxygens (including phenoxy) is 1. The fourth-order valence-electron chi connectivity index (χ4n) is 2.34. The summed E-state index contributed by atoms with van der Waals surface area (Å²) in [6, 6.07) is 14.8. The van der Waals surface area contributed by atoms with Crippen LogP contribution in [0, 0.1) is 6.92 Å². The van der Waals surface area contributed by atoms with Gasteiger partial charge >= 0.3 is 0 Å². The van der Waals surface area contributed by atoms with Gasteiger partial charge in [0, 0.05) is 10.9 Å². The van der Waals surface area contributed by atoms with Crippen molar-refractivity contribution < 1.29 is 13.9 Å². The molecule has 0 amide bonds. The molecule has 3 aromatic rings. The minimum atomic E-state index is -0.114. The third-order valence-corrected chi connectivity index (χ3v) is 3.31. The number of hydrogen-bond donors (Lipinski definition) is 0. The van der Waals surface area contributed by atoms with Gasteiger partial charge in [-0.3, -0.25) is 4.79 Å². The van der Waals surface area contributed by atoms with Crippen molar-refractivity contribution in [2.45, 2.75) is 6.92 Å². The molecular formula is C17H14O3. The topological polar surface area (TPSA) is 39.4 Å². The van der Waals surface area contributed by atoms with Gasteiger partial charge in [-0.2, -0.15) is 0 Å². The van der Waals surface area contributed by atoms with Crippen LogP contribution in [0.4, 0.5) is 0 Å². The molecule has 100 valence electrons. The average Bonchev–Trinajstić information content (AvgIpc) is 2.92. The van der Waals surface area contributed by atoms with Crippen molar-refractivity contribution in [3.8, 4) is 5.75 Å². The van der Waals surface area contributed by atoms with Crippen molar-refractivity contribution in [2.75, 3.05) is 7.11 Å². The highest BCUT2D eigenvalue weighted by molar-refractivity contribution is 6.16. The highest BCUT2D eigenvalue weighted by Gasteiger charge is 2.17. The number of aryl methyl sites for hydroxylation is 1. The number of furan rings is 1. The summed E-state index contributed by atoms with van der Waals surface area (Å²) in [6.07, 6.45) is 0. The second kappa shape index (κ2) is 4.85. The van der Waals surface area contributed by atoms with Crippen molar-refractivity contribution in [1.82, 2.24) is 0 Å². The quantitative estimate of drug-likeness (QED) is 0.673. The minimum absolute atomic E-state index is 0.114. The largest absolute Gasteiger partial charge is 0.496 e. The van der Waals surface area contributed by atoms with Crippen molar-refractivity contribution in [3.05, 3.63) is 65.6 Å². The second-order valence-electron chi connectivity index (χ2n) is 4.60. The van der Waals surface area contributed by atoms with Gasteiger partial charge in [0.1, 0.15) is 11.5 Å². The molecule has 0 spiro atoms. The molecule has 0 radical (unpaired) electrons. The number of carbonyl (C=O) groups is 1. The average molecular weight is 266 g/mol. The van der Waals surface area contributed by atoms with Crippen molar-refractivity contribution in [3.63, 3.8) is 0 Å². The predicted molar refractivity (Wildman–Crippen MR) is 77.4 cm³/mol. The van der Waals surface area contributed by atoms with Gasteiger partial charge in [-0.05, 0) is 36.6 Å². The first-order valence-corrected chi connectivity index (χ1v) is 6.37. The van der Waals surface area contributed by atoms with E-state index in [0.717, 1.165) is 22.3 Å². The Morgan fingerprint density at radius 3 is 2.40 bits per heavy atom. The smallest absolute Gasteiger partial charge is 0.228 e. The zero-order chi connectivity index (χ0) is 14.1. The predicted octanol–water partition coefficient (Wildman–Crippen LogP) is 3.98. The maximum Gasteiger partial charge on any atom is 0.228 e. The Morgan fingerprint density at radius 2 is 1.75 bits per heavy atom. The maximum atomic E-state index is 12.5. The van der Waals surface area contributed by atoms with Gasteiger partial charge in [-0.1, -0.05) is 24.3 Å². The van der Waals surface area contributed by atoms with Crippen molar-refractivity contribution in [2.24, 2.45) is 0 Å². The van der Waals surface area contributed by atoms with Crippen LogP contribution in [0.3, 0.4) is 0 Å². The normalized spacial score (nSPS) is 10.7. The SMILES string of the molecule is COc1ccc(C(=O)c2ccc(C)o2)c2ccccc12. The molecule has 0 fully saturated rings. The Balaban J connectivity index is 2.20. The lowest BCUT2D eigenvalue weighted by Crippen LogP contribution is -2.01. The first-order valence-electron chi connectivity index (χ1n) is 6.37. The van der Waals surface area contributed by atoms with E-state index in [1.54, 1.807) is 25.3 Å². The summed E-state index contributed by atoms with van der Waals surface area (Å²) in [5, 5.41) is 1.79. The summed E-state index contributed by atoms with van der Waals surface area (Å²) >= 11 is 0. The summed E-state index contributed by atoms with van der Waals surface area (Å²) in [5.74, 6) is 1.73. The molecule has 0 unspecified atom stereocenters. The van der Waals surface area contributed by atoms with E-state index in [1.165, 1.54) is 0 Å². The molecule has 0 aliphatic rings. The standard InChI is InChI=1S/C17H14O3/c1-11-7-9-16(20-11)17(18)14-8-10-15(19-2)13-6-4-3-5-12(13)14/h3-10H,1-2H3. The van der Waals surface area contributed by atoms with E-state index >= 15 is 0 Å². The molecule has 0 aliphatic heterocycles. The first kappa shape index (κ1) is 12.5. The third-order valence-electron chi connectivity index (χ3n) is 3.31. The van der Waals surface area contributed by atoms with E-state index in [2.05, 4.69) is 0 Å². The Hall–Kier alpha value is -2.55. The van der Waals surface area contributed by atoms with E-state index in [1.807, 2.05) is 37.3 Å². The molecule has 1 aromatic heterocycles. The number of ketones is 1. The molecule has 0 saturated carbocycles. The van der Waals surface area contributed by atoms with Gasteiger partial charge in [-0.25, -0.2) is 0 Å². The fraction of sp³-hybridized carbons (Fsp3) is 0.118. The van der Waals surface area contributed by atoms with Crippen LogP contribution in [-0.2, 0) is 0 Å². The van der Waals surface area contributed by atoms with Gasteiger partial charge in [-0.15, -0.1) is 0 Å². The van der Waals surface area contributed by atoms with Crippen LogP contribution in [0.5, 0.6) is 5.75 Å². The van der Waals surface area contributed by atoms with Crippen LogP contribution in [-0.4, -0.2) is 12.9 Å². The van der Waals surface area contributed by atoms with Crippen LogP contribution in [0.25, 0.3) is 10.8 Å². The third kappa shape index (κ3) is 1.97. The molecule has 2 aromatic carbocycles. The zero-order valence-corrected chi connectivity index (χ0v) is 11.3. The molecule has 0 bridgehead atoms. The lowest BCUT2D eigenvalue weighted by molar-refractivity contribution is 0.101. The molecule has 0 atom stereocenters. The number of fused-ring (bicyclic) bond motifs is 1. The van der Waals surface area contributed by atoms with Gasteiger partial charge < -0.3 is 9.15 Å². The van der Waals surface area contributed by atoms with Crippen LogP contribution in [0.15, 0.2) is 52.9 Å². The summed E-state index contributed by atoms with van der Waals surface area (Å²) in [6.45, 7) is 1.82. The molecule has 0 N–H and O–H groups in total. The Kier molecular flexibility index (Phi) is 3.03. The fourth-order valence-corrected chi connectivity index (χ4v) is 2.34. The summed E-state index contributed by atoms with van der Waals surface area (Å²) in [5.41, 5.74) is 0.621.